The number of carbonyl (C=O) groups is 1. The fourth-order valence-electron chi connectivity index (χ4n) is 0.978. The van der Waals surface area contributed by atoms with Crippen LogP contribution in [0.3, 0.4) is 0 Å². The van der Waals surface area contributed by atoms with Crippen molar-refractivity contribution in [3.63, 3.8) is 0 Å². The number of hydrogen-bond acceptors (Lipinski definition) is 3. The van der Waals surface area contributed by atoms with Crippen molar-refractivity contribution in [2.24, 2.45) is 5.41 Å². The van der Waals surface area contributed by atoms with Gasteiger partial charge in [-0.3, -0.25) is 0 Å². The highest BCUT2D eigenvalue weighted by Gasteiger charge is 2.18. The summed E-state index contributed by atoms with van der Waals surface area (Å²) in [5.74, 6) is 0. The van der Waals surface area contributed by atoms with Gasteiger partial charge in [0.2, 0.25) is 0 Å². The Morgan fingerprint density at radius 2 is 2.33 bits per heavy atom. The van der Waals surface area contributed by atoms with Crippen LogP contribution in [0.4, 0.5) is 0 Å². The van der Waals surface area contributed by atoms with E-state index in [0.29, 0.717) is 0 Å². The Morgan fingerprint density at radius 3 is 2.75 bits per heavy atom. The molecule has 0 unspecified atom stereocenters. The number of nitrogens with zero attached hydrogens (tertiary/aromatic N) is 1. The smallest absolute Gasteiger partial charge is 0.125 e. The molecule has 0 aromatic carbocycles. The molecule has 1 aromatic heterocycles. The summed E-state index contributed by atoms with van der Waals surface area (Å²) in [6.45, 7) is 5.85. The Balaban J connectivity index is 2.69. The molecule has 66 valence electrons. The monoisotopic (exact) mass is 183 g/mol. The second kappa shape index (κ2) is 3.35. The number of hydrogen-bond donors (Lipinski definition) is 0. The van der Waals surface area contributed by atoms with Gasteiger partial charge < -0.3 is 4.79 Å². The lowest BCUT2D eigenvalue weighted by molar-refractivity contribution is -0.114. The van der Waals surface area contributed by atoms with E-state index in [1.165, 1.54) is 4.88 Å². The zero-order valence-electron chi connectivity index (χ0n) is 7.63. The molecule has 12 heavy (non-hydrogen) atoms. The Bertz CT molecular complexity index is 278. The van der Waals surface area contributed by atoms with Crippen molar-refractivity contribution < 1.29 is 4.79 Å². The lowest BCUT2D eigenvalue weighted by Gasteiger charge is -2.13. The molecule has 3 heteroatoms. The average molecular weight is 183 g/mol. The van der Waals surface area contributed by atoms with Crippen LogP contribution >= 0.6 is 11.3 Å². The minimum absolute atomic E-state index is 0.251. The molecular formula is C9H13NOS. The predicted molar refractivity (Wildman–Crippen MR) is 50.4 cm³/mol. The third kappa shape index (κ3) is 2.41. The first kappa shape index (κ1) is 9.39. The highest BCUT2D eigenvalue weighted by molar-refractivity contribution is 7.11. The number of aromatic nitrogens is 1. The van der Waals surface area contributed by atoms with Gasteiger partial charge in [-0.2, -0.15) is 0 Å². The summed E-state index contributed by atoms with van der Waals surface area (Å²) in [6, 6.07) is 0. The molecule has 0 saturated carbocycles. The molecule has 0 spiro atoms. The molecule has 0 aliphatic rings. The maximum Gasteiger partial charge on any atom is 0.125 e. The Kier molecular flexibility index (Phi) is 2.62. The van der Waals surface area contributed by atoms with Gasteiger partial charge in [-0.1, -0.05) is 13.8 Å². The number of rotatable bonds is 3. The second-order valence-corrected chi connectivity index (χ2v) is 4.95. The third-order valence-corrected chi connectivity index (χ3v) is 2.53. The summed E-state index contributed by atoms with van der Waals surface area (Å²) >= 11 is 1.66. The van der Waals surface area contributed by atoms with Crippen LogP contribution in [0.1, 0.15) is 23.7 Å². The van der Waals surface area contributed by atoms with E-state index in [9.17, 15) is 4.79 Å². The molecule has 0 N–H and O–H groups in total. The van der Waals surface area contributed by atoms with Crippen molar-refractivity contribution in [3.8, 4) is 0 Å². The van der Waals surface area contributed by atoms with Crippen LogP contribution in [0.15, 0.2) is 6.20 Å². The van der Waals surface area contributed by atoms with Crippen molar-refractivity contribution >= 4 is 17.6 Å². The fourth-order valence-corrected chi connectivity index (χ4v) is 2.01. The molecule has 1 rings (SSSR count). The molecule has 0 bridgehead atoms. The van der Waals surface area contributed by atoms with Gasteiger partial charge in [-0.25, -0.2) is 4.98 Å². The summed E-state index contributed by atoms with van der Waals surface area (Å²) in [5.41, 5.74) is -0.251. The van der Waals surface area contributed by atoms with Gasteiger partial charge in [0.15, 0.2) is 0 Å². The first-order valence-corrected chi connectivity index (χ1v) is 4.73. The summed E-state index contributed by atoms with van der Waals surface area (Å²) < 4.78 is 0. The third-order valence-electron chi connectivity index (χ3n) is 1.62. The van der Waals surface area contributed by atoms with Crippen LogP contribution in [0.25, 0.3) is 0 Å². The quantitative estimate of drug-likeness (QED) is 0.672. The van der Waals surface area contributed by atoms with Gasteiger partial charge in [-0.15, -0.1) is 11.3 Å². The molecule has 0 saturated heterocycles. The van der Waals surface area contributed by atoms with Crippen LogP contribution < -0.4 is 0 Å². The topological polar surface area (TPSA) is 30.0 Å². The Morgan fingerprint density at radius 1 is 1.67 bits per heavy atom. The van der Waals surface area contributed by atoms with Gasteiger partial charge >= 0.3 is 0 Å². The minimum atomic E-state index is -0.251. The van der Waals surface area contributed by atoms with Gasteiger partial charge in [0.25, 0.3) is 0 Å². The number of aryl methyl sites for hydroxylation is 1. The first-order chi connectivity index (χ1) is 5.53. The zero-order valence-corrected chi connectivity index (χ0v) is 8.44. The van der Waals surface area contributed by atoms with E-state index >= 15 is 0 Å². The van der Waals surface area contributed by atoms with Crippen molar-refractivity contribution in [1.82, 2.24) is 4.98 Å². The first-order valence-electron chi connectivity index (χ1n) is 3.91. The summed E-state index contributed by atoms with van der Waals surface area (Å²) in [5, 5.41) is 1.06. The van der Waals surface area contributed by atoms with Gasteiger partial charge in [0.05, 0.1) is 5.01 Å². The van der Waals surface area contributed by atoms with Crippen molar-refractivity contribution in [3.05, 3.63) is 16.1 Å². The largest absolute Gasteiger partial charge is 0.303 e. The van der Waals surface area contributed by atoms with E-state index in [0.717, 1.165) is 17.7 Å². The summed E-state index contributed by atoms with van der Waals surface area (Å²) in [4.78, 5) is 15.9. The summed E-state index contributed by atoms with van der Waals surface area (Å²) in [7, 11) is 0. The predicted octanol–water partition coefficient (Wildman–Crippen LogP) is 2.22. The molecule has 0 fully saturated rings. The van der Waals surface area contributed by atoms with Crippen LogP contribution in [0, 0.1) is 12.3 Å². The molecule has 0 amide bonds. The van der Waals surface area contributed by atoms with Crippen molar-refractivity contribution in [2.45, 2.75) is 27.2 Å². The van der Waals surface area contributed by atoms with Crippen LogP contribution in [-0.2, 0) is 11.2 Å². The maximum atomic E-state index is 10.6. The Hall–Kier alpha value is -0.700. The van der Waals surface area contributed by atoms with E-state index in [2.05, 4.69) is 4.98 Å². The maximum absolute atomic E-state index is 10.6. The van der Waals surface area contributed by atoms with E-state index in [4.69, 9.17) is 0 Å². The molecular weight excluding hydrogens is 170 g/mol. The molecule has 2 nitrogen and oxygen atoms in total. The van der Waals surface area contributed by atoms with Crippen LogP contribution in [0.2, 0.25) is 0 Å². The molecule has 0 atom stereocenters. The number of aldehydes is 1. The average Bonchev–Trinajstić information content (AvgIpc) is 2.35. The Labute approximate surface area is 76.6 Å². The van der Waals surface area contributed by atoms with Gasteiger partial charge in [0.1, 0.15) is 6.29 Å². The molecule has 0 radical (unpaired) electrons. The van der Waals surface area contributed by atoms with Crippen LogP contribution in [0.5, 0.6) is 0 Å². The highest BCUT2D eigenvalue weighted by atomic mass is 32.1. The van der Waals surface area contributed by atoms with Gasteiger partial charge in [-0.05, 0) is 13.3 Å². The standard InChI is InChI=1S/C9H13NOS/c1-7-10-5-8(12-7)4-9(2,3)6-11/h5-6H,4H2,1-3H3. The number of thiazole rings is 1. The van der Waals surface area contributed by atoms with Crippen LogP contribution in [-0.4, -0.2) is 11.3 Å². The molecule has 0 aliphatic heterocycles. The SMILES string of the molecule is Cc1ncc(CC(C)(C)C=O)s1. The molecule has 0 aliphatic carbocycles. The minimum Gasteiger partial charge on any atom is -0.303 e. The lowest BCUT2D eigenvalue weighted by atomic mass is 9.91. The number of carbonyl (C=O) groups excluding carboxylic acids is 1. The normalized spacial score (nSPS) is 11.6. The molecule has 1 heterocycles. The fraction of sp³-hybridized carbons (Fsp3) is 0.556. The molecule has 1 aromatic rings. The lowest BCUT2D eigenvalue weighted by Crippen LogP contribution is -2.15. The van der Waals surface area contributed by atoms with E-state index in [1.54, 1.807) is 11.3 Å². The highest BCUT2D eigenvalue weighted by Crippen LogP contribution is 2.22. The van der Waals surface area contributed by atoms with E-state index in [1.807, 2.05) is 27.0 Å². The van der Waals surface area contributed by atoms with E-state index < -0.39 is 0 Å². The van der Waals surface area contributed by atoms with Crippen molar-refractivity contribution in [1.29, 1.82) is 0 Å². The summed E-state index contributed by atoms with van der Waals surface area (Å²) in [6.07, 6.45) is 3.65. The zero-order chi connectivity index (χ0) is 9.19. The second-order valence-electron chi connectivity index (χ2n) is 3.63. The van der Waals surface area contributed by atoms with Crippen molar-refractivity contribution in [2.75, 3.05) is 0 Å². The van der Waals surface area contributed by atoms with E-state index in [-0.39, 0.29) is 5.41 Å². The van der Waals surface area contributed by atoms with Gasteiger partial charge in [0, 0.05) is 16.5 Å².